The molecule has 2 heterocycles. The van der Waals surface area contributed by atoms with Crippen LogP contribution in [0.5, 0.6) is 0 Å². The Kier molecular flexibility index (Phi) is 5.44. The number of ether oxygens (including phenoxy) is 1. The highest BCUT2D eigenvalue weighted by molar-refractivity contribution is 7.18. The van der Waals surface area contributed by atoms with E-state index in [0.29, 0.717) is 11.1 Å². The van der Waals surface area contributed by atoms with Gasteiger partial charge in [-0.25, -0.2) is 4.98 Å². The quantitative estimate of drug-likeness (QED) is 0.582. The van der Waals surface area contributed by atoms with Gasteiger partial charge >= 0.3 is 5.97 Å². The van der Waals surface area contributed by atoms with E-state index in [1.807, 2.05) is 6.07 Å². The SMILES string of the molecule is CCOC(=O)CN(C(=O)Cn1cnc2sc3c(c2c1=O)CCC3)c1ccccc1. The number of hydrogen-bond donors (Lipinski definition) is 0. The number of fused-ring (bicyclic) bond motifs is 3. The average molecular weight is 411 g/mol. The number of anilines is 1. The van der Waals surface area contributed by atoms with Gasteiger partial charge in [0.15, 0.2) is 0 Å². The van der Waals surface area contributed by atoms with Gasteiger partial charge in [-0.1, -0.05) is 18.2 Å². The maximum atomic E-state index is 13.0. The number of amides is 1. The van der Waals surface area contributed by atoms with Gasteiger partial charge in [-0.15, -0.1) is 11.3 Å². The van der Waals surface area contributed by atoms with Crippen molar-refractivity contribution in [1.82, 2.24) is 9.55 Å². The molecule has 7 nitrogen and oxygen atoms in total. The number of aromatic nitrogens is 2. The molecule has 0 atom stereocenters. The summed E-state index contributed by atoms with van der Waals surface area (Å²) in [5, 5.41) is 0.634. The van der Waals surface area contributed by atoms with Crippen molar-refractivity contribution in [1.29, 1.82) is 0 Å². The summed E-state index contributed by atoms with van der Waals surface area (Å²) < 4.78 is 6.33. The van der Waals surface area contributed by atoms with Gasteiger partial charge in [-0.05, 0) is 43.9 Å². The van der Waals surface area contributed by atoms with E-state index in [4.69, 9.17) is 4.74 Å². The Morgan fingerprint density at radius 2 is 2.03 bits per heavy atom. The summed E-state index contributed by atoms with van der Waals surface area (Å²) in [5.41, 5.74) is 1.45. The Bertz CT molecular complexity index is 1120. The number of para-hydroxylation sites is 1. The van der Waals surface area contributed by atoms with Gasteiger partial charge in [0.05, 0.1) is 18.3 Å². The minimum Gasteiger partial charge on any atom is -0.465 e. The van der Waals surface area contributed by atoms with Crippen molar-refractivity contribution in [3.05, 3.63) is 57.5 Å². The Hall–Kier alpha value is -3.00. The number of carbonyl (C=O) groups is 2. The van der Waals surface area contributed by atoms with Gasteiger partial charge in [0, 0.05) is 10.6 Å². The summed E-state index contributed by atoms with van der Waals surface area (Å²) in [5.74, 6) is -0.874. The minimum atomic E-state index is -0.499. The third kappa shape index (κ3) is 3.80. The van der Waals surface area contributed by atoms with Crippen LogP contribution in [-0.4, -0.2) is 34.6 Å². The van der Waals surface area contributed by atoms with Gasteiger partial charge in [0.25, 0.3) is 5.56 Å². The zero-order chi connectivity index (χ0) is 20.4. The van der Waals surface area contributed by atoms with E-state index in [1.54, 1.807) is 42.5 Å². The molecule has 1 aliphatic carbocycles. The Labute approximate surface area is 171 Å². The average Bonchev–Trinajstić information content (AvgIpc) is 3.30. The van der Waals surface area contributed by atoms with E-state index in [2.05, 4.69) is 4.98 Å². The van der Waals surface area contributed by atoms with Crippen LogP contribution in [0.4, 0.5) is 5.69 Å². The van der Waals surface area contributed by atoms with Crippen LogP contribution in [0.2, 0.25) is 0 Å². The molecule has 1 amide bonds. The zero-order valence-corrected chi connectivity index (χ0v) is 16.9. The number of carbonyl (C=O) groups excluding carboxylic acids is 2. The number of aryl methyl sites for hydroxylation is 2. The van der Waals surface area contributed by atoms with Crippen LogP contribution in [0.1, 0.15) is 23.8 Å². The second-order valence-electron chi connectivity index (χ2n) is 6.84. The lowest BCUT2D eigenvalue weighted by atomic mass is 10.2. The van der Waals surface area contributed by atoms with Crippen molar-refractivity contribution >= 4 is 39.1 Å². The third-order valence-corrected chi connectivity index (χ3v) is 6.16. The normalized spacial score (nSPS) is 12.7. The van der Waals surface area contributed by atoms with Gasteiger partial charge in [-0.3, -0.25) is 23.9 Å². The first-order chi connectivity index (χ1) is 14.1. The largest absolute Gasteiger partial charge is 0.465 e. The second kappa shape index (κ2) is 8.16. The fourth-order valence-electron chi connectivity index (χ4n) is 3.63. The highest BCUT2D eigenvalue weighted by Crippen LogP contribution is 2.34. The summed E-state index contributed by atoms with van der Waals surface area (Å²) in [4.78, 5) is 45.8. The molecule has 1 aromatic carbocycles. The maximum Gasteiger partial charge on any atom is 0.326 e. The second-order valence-corrected chi connectivity index (χ2v) is 7.92. The molecule has 0 spiro atoms. The van der Waals surface area contributed by atoms with E-state index in [0.717, 1.165) is 29.7 Å². The molecule has 0 saturated carbocycles. The van der Waals surface area contributed by atoms with Gasteiger partial charge < -0.3 is 4.74 Å². The van der Waals surface area contributed by atoms with E-state index in [-0.39, 0.29) is 31.2 Å². The predicted octanol–water partition coefficient (Wildman–Crippen LogP) is 2.54. The van der Waals surface area contributed by atoms with Crippen molar-refractivity contribution in [2.75, 3.05) is 18.1 Å². The topological polar surface area (TPSA) is 81.5 Å². The monoisotopic (exact) mass is 411 g/mol. The lowest BCUT2D eigenvalue weighted by molar-refractivity contribution is -0.142. The molecule has 150 valence electrons. The van der Waals surface area contributed by atoms with Gasteiger partial charge in [-0.2, -0.15) is 0 Å². The fourth-order valence-corrected chi connectivity index (χ4v) is 4.85. The molecule has 0 aliphatic heterocycles. The number of rotatable bonds is 6. The fraction of sp³-hybridized carbons (Fsp3) is 0.333. The van der Waals surface area contributed by atoms with Crippen LogP contribution in [0.15, 0.2) is 41.5 Å². The van der Waals surface area contributed by atoms with E-state index in [9.17, 15) is 14.4 Å². The molecule has 4 rings (SSSR count). The van der Waals surface area contributed by atoms with Gasteiger partial charge in [0.1, 0.15) is 17.9 Å². The number of thiophene rings is 1. The molecular weight excluding hydrogens is 390 g/mol. The maximum absolute atomic E-state index is 13.0. The molecule has 0 N–H and O–H groups in total. The minimum absolute atomic E-state index is 0.194. The molecule has 0 unspecified atom stereocenters. The number of hydrogen-bond acceptors (Lipinski definition) is 6. The number of benzene rings is 1. The molecule has 1 aliphatic rings. The van der Waals surface area contributed by atoms with E-state index in [1.165, 1.54) is 20.7 Å². The molecule has 0 saturated heterocycles. The van der Waals surface area contributed by atoms with Crippen LogP contribution in [0.25, 0.3) is 10.2 Å². The molecule has 8 heteroatoms. The zero-order valence-electron chi connectivity index (χ0n) is 16.1. The van der Waals surface area contributed by atoms with Gasteiger partial charge in [0.2, 0.25) is 5.91 Å². The summed E-state index contributed by atoms with van der Waals surface area (Å²) in [6.07, 6.45) is 4.33. The van der Waals surface area contributed by atoms with Crippen molar-refractivity contribution in [2.45, 2.75) is 32.7 Å². The molecule has 0 bridgehead atoms. The highest BCUT2D eigenvalue weighted by atomic mass is 32.1. The van der Waals surface area contributed by atoms with E-state index >= 15 is 0 Å². The lowest BCUT2D eigenvalue weighted by Crippen LogP contribution is -2.40. The molecule has 0 fully saturated rings. The molecule has 2 aromatic heterocycles. The van der Waals surface area contributed by atoms with Crippen LogP contribution in [0.3, 0.4) is 0 Å². The van der Waals surface area contributed by atoms with Crippen LogP contribution in [0, 0.1) is 0 Å². The van der Waals surface area contributed by atoms with Crippen LogP contribution in [-0.2, 0) is 33.7 Å². The van der Waals surface area contributed by atoms with E-state index < -0.39 is 5.97 Å². The van der Waals surface area contributed by atoms with Crippen LogP contribution < -0.4 is 10.5 Å². The summed E-state index contributed by atoms with van der Waals surface area (Å²) >= 11 is 1.56. The van der Waals surface area contributed by atoms with Crippen molar-refractivity contribution in [3.63, 3.8) is 0 Å². The Morgan fingerprint density at radius 3 is 2.79 bits per heavy atom. The van der Waals surface area contributed by atoms with Crippen LogP contribution >= 0.6 is 11.3 Å². The lowest BCUT2D eigenvalue weighted by Gasteiger charge is -2.22. The van der Waals surface area contributed by atoms with Crippen molar-refractivity contribution in [2.24, 2.45) is 0 Å². The third-order valence-electron chi connectivity index (χ3n) is 4.96. The highest BCUT2D eigenvalue weighted by Gasteiger charge is 2.24. The first-order valence-electron chi connectivity index (χ1n) is 9.59. The standard InChI is InChI=1S/C21H21N3O4S/c1-2-28-18(26)12-24(14-7-4-3-5-8-14)17(25)11-23-13-22-20-19(21(23)27)15-9-6-10-16(15)29-20/h3-5,7-8,13H,2,6,9-12H2,1H3. The van der Waals surface area contributed by atoms with Crippen molar-refractivity contribution < 1.29 is 14.3 Å². The number of nitrogens with zero attached hydrogens (tertiary/aromatic N) is 3. The Balaban J connectivity index is 1.64. The Morgan fingerprint density at radius 1 is 1.24 bits per heavy atom. The smallest absolute Gasteiger partial charge is 0.326 e. The number of esters is 1. The summed E-state index contributed by atoms with van der Waals surface area (Å²) in [6, 6.07) is 8.89. The first kappa shape index (κ1) is 19.3. The molecular formula is C21H21N3O4S. The molecule has 0 radical (unpaired) electrons. The summed E-state index contributed by atoms with van der Waals surface area (Å²) in [6.45, 7) is 1.54. The molecule has 3 aromatic rings. The molecule has 29 heavy (non-hydrogen) atoms. The van der Waals surface area contributed by atoms with Crippen molar-refractivity contribution in [3.8, 4) is 0 Å². The predicted molar refractivity (Wildman–Crippen MR) is 111 cm³/mol. The first-order valence-corrected chi connectivity index (χ1v) is 10.4. The summed E-state index contributed by atoms with van der Waals surface area (Å²) in [7, 11) is 0.